The first-order chi connectivity index (χ1) is 38.0. The average molecular weight is 1090 g/mol. The SMILES string of the molecule is CCCCCCCCCCCCCCCCCCCCCCCCCCCCCCCCCCCC(=O)OCC(COC(=O)CCCCCCC)OC(=O)CCCCCCCCCCCCCCCCCCCCCCC. The van der Waals surface area contributed by atoms with E-state index in [2.05, 4.69) is 20.8 Å². The Bertz CT molecular complexity index is 1160. The van der Waals surface area contributed by atoms with Crippen LogP contribution in [-0.2, 0) is 28.6 Å². The monoisotopic (exact) mass is 1090 g/mol. The van der Waals surface area contributed by atoms with Gasteiger partial charge >= 0.3 is 17.9 Å². The van der Waals surface area contributed by atoms with E-state index >= 15 is 0 Å². The Kier molecular flexibility index (Phi) is 65.5. The van der Waals surface area contributed by atoms with E-state index in [1.54, 1.807) is 0 Å². The third kappa shape index (κ3) is 65.1. The number of carbonyl (C=O) groups is 3. The highest BCUT2D eigenvalue weighted by Crippen LogP contribution is 2.20. The normalized spacial score (nSPS) is 11.9. The zero-order valence-corrected chi connectivity index (χ0v) is 52.8. The Morgan fingerprint density at radius 2 is 0.351 bits per heavy atom. The molecule has 0 amide bonds. The van der Waals surface area contributed by atoms with Crippen molar-refractivity contribution in [2.75, 3.05) is 13.2 Å². The van der Waals surface area contributed by atoms with Crippen LogP contribution >= 0.6 is 0 Å². The second-order valence-corrected chi connectivity index (χ2v) is 24.5. The first kappa shape index (κ1) is 75.4. The van der Waals surface area contributed by atoms with Gasteiger partial charge in [0.25, 0.3) is 0 Å². The predicted octanol–water partition coefficient (Wildman–Crippen LogP) is 24.2. The Morgan fingerprint density at radius 3 is 0.519 bits per heavy atom. The molecule has 0 spiro atoms. The second-order valence-electron chi connectivity index (χ2n) is 24.5. The molecule has 0 aromatic carbocycles. The van der Waals surface area contributed by atoms with Crippen molar-refractivity contribution in [3.63, 3.8) is 0 Å². The van der Waals surface area contributed by atoms with Crippen LogP contribution < -0.4 is 0 Å². The minimum atomic E-state index is -0.761. The van der Waals surface area contributed by atoms with Crippen molar-refractivity contribution < 1.29 is 28.6 Å². The summed E-state index contributed by atoms with van der Waals surface area (Å²) in [6, 6.07) is 0. The van der Waals surface area contributed by atoms with Crippen LogP contribution in [0.4, 0.5) is 0 Å². The predicted molar refractivity (Wildman–Crippen MR) is 335 cm³/mol. The molecule has 0 aliphatic carbocycles. The summed E-state index contributed by atoms with van der Waals surface area (Å²) >= 11 is 0. The highest BCUT2D eigenvalue weighted by molar-refractivity contribution is 5.71. The molecule has 1 atom stereocenters. The fourth-order valence-electron chi connectivity index (χ4n) is 11.3. The summed E-state index contributed by atoms with van der Waals surface area (Å²) in [5.74, 6) is -0.843. The molecule has 6 nitrogen and oxygen atoms in total. The molecular weight excluding hydrogens is 949 g/mol. The van der Waals surface area contributed by atoms with Gasteiger partial charge in [-0.05, 0) is 19.3 Å². The smallest absolute Gasteiger partial charge is 0.306 e. The fraction of sp³-hybridized carbons (Fsp3) is 0.958. The van der Waals surface area contributed by atoms with Gasteiger partial charge in [-0.1, -0.05) is 380 Å². The van der Waals surface area contributed by atoms with E-state index in [0.717, 1.165) is 64.2 Å². The summed E-state index contributed by atoms with van der Waals surface area (Å²) in [5, 5.41) is 0. The quantitative estimate of drug-likeness (QED) is 0.0343. The molecule has 0 saturated carbocycles. The van der Waals surface area contributed by atoms with E-state index in [0.29, 0.717) is 19.3 Å². The molecule has 6 heteroatoms. The third-order valence-electron chi connectivity index (χ3n) is 16.6. The van der Waals surface area contributed by atoms with Crippen molar-refractivity contribution in [3.05, 3.63) is 0 Å². The molecule has 0 fully saturated rings. The van der Waals surface area contributed by atoms with Crippen LogP contribution in [0.1, 0.15) is 419 Å². The first-order valence-electron chi connectivity index (χ1n) is 35.5. The van der Waals surface area contributed by atoms with Crippen LogP contribution in [0.2, 0.25) is 0 Å². The van der Waals surface area contributed by atoms with Crippen LogP contribution in [0.15, 0.2) is 0 Å². The molecule has 77 heavy (non-hydrogen) atoms. The van der Waals surface area contributed by atoms with Crippen molar-refractivity contribution in [2.45, 2.75) is 425 Å². The zero-order chi connectivity index (χ0) is 55.7. The topological polar surface area (TPSA) is 78.9 Å². The third-order valence-corrected chi connectivity index (χ3v) is 16.6. The highest BCUT2D eigenvalue weighted by Gasteiger charge is 2.19. The Hall–Kier alpha value is -1.59. The molecule has 0 heterocycles. The number of hydrogen-bond acceptors (Lipinski definition) is 6. The second kappa shape index (κ2) is 66.9. The van der Waals surface area contributed by atoms with E-state index in [1.807, 2.05) is 0 Å². The molecule has 0 rings (SSSR count). The molecule has 0 N–H and O–H groups in total. The van der Waals surface area contributed by atoms with E-state index < -0.39 is 6.10 Å². The Morgan fingerprint density at radius 1 is 0.208 bits per heavy atom. The number of unbranched alkanes of at least 4 members (excludes halogenated alkanes) is 56. The molecule has 458 valence electrons. The number of rotatable bonds is 67. The molecule has 1 unspecified atom stereocenters. The van der Waals surface area contributed by atoms with E-state index in [-0.39, 0.29) is 31.1 Å². The minimum Gasteiger partial charge on any atom is -0.462 e. The number of hydrogen-bond donors (Lipinski definition) is 0. The van der Waals surface area contributed by atoms with Gasteiger partial charge in [0.1, 0.15) is 13.2 Å². The molecule has 0 radical (unpaired) electrons. The molecular formula is C71H138O6. The van der Waals surface area contributed by atoms with Gasteiger partial charge in [0.15, 0.2) is 6.10 Å². The maximum atomic E-state index is 12.8. The number of ether oxygens (including phenoxy) is 3. The van der Waals surface area contributed by atoms with Gasteiger partial charge in [-0.25, -0.2) is 0 Å². The van der Waals surface area contributed by atoms with Crippen molar-refractivity contribution in [3.8, 4) is 0 Å². The van der Waals surface area contributed by atoms with Crippen molar-refractivity contribution in [2.24, 2.45) is 0 Å². The lowest BCUT2D eigenvalue weighted by molar-refractivity contribution is -0.167. The van der Waals surface area contributed by atoms with Gasteiger partial charge in [-0.15, -0.1) is 0 Å². The molecule has 0 aliphatic rings. The average Bonchev–Trinajstić information content (AvgIpc) is 3.43. The first-order valence-corrected chi connectivity index (χ1v) is 35.5. The van der Waals surface area contributed by atoms with Crippen LogP contribution in [0.25, 0.3) is 0 Å². The minimum absolute atomic E-state index is 0.0622. The standard InChI is InChI=1S/C71H138O6/c1-4-7-10-13-15-17-19-21-23-25-27-29-30-31-32-33-34-35-36-37-38-39-40-42-43-45-47-49-51-53-55-58-61-64-70(73)76-67-68(66-75-69(72)63-60-57-12-9-6-3)77-71(74)65-62-59-56-54-52-50-48-46-44-41-28-26-24-22-20-18-16-14-11-8-5-2/h68H,4-67H2,1-3H3. The van der Waals surface area contributed by atoms with Gasteiger partial charge in [-0.2, -0.15) is 0 Å². The van der Waals surface area contributed by atoms with Crippen LogP contribution in [0, 0.1) is 0 Å². The molecule has 0 aromatic heterocycles. The summed E-state index contributed by atoms with van der Waals surface area (Å²) in [7, 11) is 0. The van der Waals surface area contributed by atoms with E-state index in [1.165, 1.54) is 315 Å². The summed E-state index contributed by atoms with van der Waals surface area (Å²) in [4.78, 5) is 38.0. The van der Waals surface area contributed by atoms with Gasteiger partial charge in [0.05, 0.1) is 0 Å². The molecule has 0 aliphatic heterocycles. The summed E-state index contributed by atoms with van der Waals surface area (Å²) in [6.45, 7) is 6.65. The summed E-state index contributed by atoms with van der Waals surface area (Å²) < 4.78 is 16.8. The molecule has 0 bridgehead atoms. The van der Waals surface area contributed by atoms with Gasteiger partial charge < -0.3 is 14.2 Å². The van der Waals surface area contributed by atoms with Gasteiger partial charge in [-0.3, -0.25) is 14.4 Å². The van der Waals surface area contributed by atoms with Crippen molar-refractivity contribution in [1.82, 2.24) is 0 Å². The maximum Gasteiger partial charge on any atom is 0.306 e. The van der Waals surface area contributed by atoms with Crippen LogP contribution in [-0.4, -0.2) is 37.2 Å². The molecule has 0 saturated heterocycles. The summed E-state index contributed by atoms with van der Waals surface area (Å²) in [6.07, 6.45) is 79.2. The lowest BCUT2D eigenvalue weighted by Gasteiger charge is -2.18. The van der Waals surface area contributed by atoms with Crippen molar-refractivity contribution >= 4 is 17.9 Å². The van der Waals surface area contributed by atoms with Gasteiger partial charge in [0, 0.05) is 19.3 Å². The zero-order valence-electron chi connectivity index (χ0n) is 52.8. The van der Waals surface area contributed by atoms with E-state index in [9.17, 15) is 14.4 Å². The van der Waals surface area contributed by atoms with Gasteiger partial charge in [0.2, 0.25) is 0 Å². The highest BCUT2D eigenvalue weighted by atomic mass is 16.6. The van der Waals surface area contributed by atoms with Crippen LogP contribution in [0.3, 0.4) is 0 Å². The largest absolute Gasteiger partial charge is 0.462 e. The fourth-order valence-corrected chi connectivity index (χ4v) is 11.3. The number of carbonyl (C=O) groups excluding carboxylic acids is 3. The Labute approximate surface area is 482 Å². The molecule has 0 aromatic rings. The lowest BCUT2D eigenvalue weighted by atomic mass is 10.0. The Balaban J connectivity index is 3.85. The lowest BCUT2D eigenvalue weighted by Crippen LogP contribution is -2.30. The summed E-state index contributed by atoms with van der Waals surface area (Å²) in [5.41, 5.74) is 0. The maximum absolute atomic E-state index is 12.8. The van der Waals surface area contributed by atoms with E-state index in [4.69, 9.17) is 14.2 Å². The van der Waals surface area contributed by atoms with Crippen LogP contribution in [0.5, 0.6) is 0 Å². The van der Waals surface area contributed by atoms with Crippen molar-refractivity contribution in [1.29, 1.82) is 0 Å². The number of esters is 3.